The minimum atomic E-state index is -4.60. The predicted molar refractivity (Wildman–Crippen MR) is 96.9 cm³/mol. The molecule has 0 spiro atoms. The maximum atomic E-state index is 15.3. The van der Waals surface area contributed by atoms with Crippen LogP contribution in [0.3, 0.4) is 0 Å². The summed E-state index contributed by atoms with van der Waals surface area (Å²) >= 11 is 0. The highest BCUT2D eigenvalue weighted by Gasteiger charge is 2.55. The number of benzene rings is 1. The van der Waals surface area contributed by atoms with Crippen LogP contribution in [0.4, 0.5) is 13.9 Å². The van der Waals surface area contributed by atoms with Crippen LogP contribution < -0.4 is 10.1 Å². The second-order valence-electron chi connectivity index (χ2n) is 7.66. The van der Waals surface area contributed by atoms with Crippen LogP contribution in [0, 0.1) is 0 Å². The molecule has 0 aliphatic carbocycles. The summed E-state index contributed by atoms with van der Waals surface area (Å²) in [6.45, 7) is 12.2. The van der Waals surface area contributed by atoms with E-state index in [-0.39, 0.29) is 5.19 Å². The molecular weight excluding hydrogens is 318 g/mol. The van der Waals surface area contributed by atoms with Crippen molar-refractivity contribution in [2.24, 2.45) is 0 Å². The third-order valence-corrected chi connectivity index (χ3v) is 17.4. The molecule has 0 aliphatic rings. The monoisotopic (exact) mass is 346 g/mol. The zero-order valence-corrected chi connectivity index (χ0v) is 17.5. The maximum Gasteiger partial charge on any atom is 0.527 e. The lowest BCUT2D eigenvalue weighted by Crippen LogP contribution is -2.72. The average Bonchev–Trinajstić information content (AvgIpc) is 2.24. The molecule has 0 saturated heterocycles. The van der Waals surface area contributed by atoms with Crippen LogP contribution >= 0.6 is 0 Å². The molecular formula is C14H28F2N2Si3. The van der Waals surface area contributed by atoms with E-state index in [1.165, 1.54) is 0 Å². The molecule has 0 bridgehead atoms. The Hall–Kier alpha value is -0.509. The van der Waals surface area contributed by atoms with Crippen LogP contribution in [0.1, 0.15) is 0 Å². The van der Waals surface area contributed by atoms with Gasteiger partial charge in [-0.3, -0.25) is 0 Å². The molecule has 0 N–H and O–H groups in total. The van der Waals surface area contributed by atoms with Gasteiger partial charge >= 0.3 is 8.90 Å². The van der Waals surface area contributed by atoms with Gasteiger partial charge in [0.25, 0.3) is 0 Å². The van der Waals surface area contributed by atoms with Gasteiger partial charge in [0.15, 0.2) is 0 Å². The van der Waals surface area contributed by atoms with Gasteiger partial charge in [0, 0.05) is 25.0 Å². The molecule has 0 radical (unpaired) electrons. The molecule has 0 aromatic heterocycles. The zero-order valence-electron chi connectivity index (χ0n) is 14.5. The van der Waals surface area contributed by atoms with Crippen LogP contribution in [0.25, 0.3) is 0 Å². The lowest BCUT2D eigenvalue weighted by atomic mass is 10.3. The van der Waals surface area contributed by atoms with E-state index < -0.39 is 25.4 Å². The molecule has 0 fully saturated rings. The molecule has 0 atom stereocenters. The van der Waals surface area contributed by atoms with Crippen molar-refractivity contribution in [3.63, 3.8) is 0 Å². The number of hydrogen-bond acceptors (Lipinski definition) is 2. The highest BCUT2D eigenvalue weighted by atomic mass is 28.5. The van der Waals surface area contributed by atoms with E-state index in [1.807, 2.05) is 58.3 Å². The Kier molecular flexibility index (Phi) is 5.25. The van der Waals surface area contributed by atoms with Gasteiger partial charge in [-0.15, -0.1) is 0 Å². The van der Waals surface area contributed by atoms with Gasteiger partial charge in [0.05, 0.1) is 0 Å². The lowest BCUT2D eigenvalue weighted by Gasteiger charge is -2.46. The second kappa shape index (κ2) is 5.94. The Morgan fingerprint density at radius 3 is 1.43 bits per heavy atom. The van der Waals surface area contributed by atoms with E-state index in [4.69, 9.17) is 0 Å². The quantitative estimate of drug-likeness (QED) is 0.591. The Labute approximate surface area is 131 Å². The normalized spacial score (nSPS) is 13.7. The molecule has 21 heavy (non-hydrogen) atoms. The number of halogens is 2. The van der Waals surface area contributed by atoms with Gasteiger partial charge in [-0.1, -0.05) is 51.4 Å². The van der Waals surface area contributed by atoms with E-state index in [9.17, 15) is 0 Å². The molecule has 0 heterocycles. The third kappa shape index (κ3) is 4.24. The van der Waals surface area contributed by atoms with Gasteiger partial charge < -0.3 is 8.80 Å². The minimum Gasteiger partial charge on any atom is -0.378 e. The number of rotatable bonds is 5. The topological polar surface area (TPSA) is 6.48 Å². The van der Waals surface area contributed by atoms with Gasteiger partial charge in [-0.2, -0.15) is 0 Å². The highest BCUT2D eigenvalue weighted by Crippen LogP contribution is 2.29. The van der Waals surface area contributed by atoms with E-state index in [0.717, 1.165) is 5.69 Å². The standard InChI is InChI=1S/C14H28F2N2Si3/c1-17(2)13-9-11-14(12-10-13)21(15,16)18(19(3,4)5)20(6,7)8/h9-12H,1-8H3. The minimum absolute atomic E-state index is 0.234. The van der Waals surface area contributed by atoms with Crippen molar-refractivity contribution in [1.82, 2.24) is 3.90 Å². The fourth-order valence-electron chi connectivity index (χ4n) is 2.94. The summed E-state index contributed by atoms with van der Waals surface area (Å²) in [7, 11) is -4.92. The molecule has 1 rings (SSSR count). The van der Waals surface area contributed by atoms with Crippen LogP contribution in [-0.4, -0.2) is 43.4 Å². The first-order valence-corrected chi connectivity index (χ1v) is 15.8. The fourth-order valence-corrected chi connectivity index (χ4v) is 19.3. The van der Waals surface area contributed by atoms with Crippen molar-refractivity contribution >= 4 is 36.2 Å². The molecule has 1 aromatic carbocycles. The van der Waals surface area contributed by atoms with E-state index in [2.05, 4.69) is 0 Å². The first-order valence-electron chi connectivity index (χ1n) is 7.24. The molecule has 0 aliphatic heterocycles. The first-order chi connectivity index (χ1) is 9.28. The molecule has 0 saturated carbocycles. The molecule has 2 nitrogen and oxygen atoms in total. The summed E-state index contributed by atoms with van der Waals surface area (Å²) in [6, 6.07) is 6.83. The van der Waals surface area contributed by atoms with Crippen molar-refractivity contribution < 1.29 is 8.22 Å². The summed E-state index contributed by atoms with van der Waals surface area (Å²) in [4.78, 5) is 1.93. The van der Waals surface area contributed by atoms with Crippen LogP contribution in [0.5, 0.6) is 0 Å². The fraction of sp³-hybridized carbons (Fsp3) is 0.571. The van der Waals surface area contributed by atoms with Crippen LogP contribution in [-0.2, 0) is 0 Å². The number of hydrogen-bond donors (Lipinski definition) is 0. The largest absolute Gasteiger partial charge is 0.527 e. The number of anilines is 1. The van der Waals surface area contributed by atoms with Crippen molar-refractivity contribution in [2.75, 3.05) is 19.0 Å². The van der Waals surface area contributed by atoms with E-state index >= 15 is 8.22 Å². The smallest absolute Gasteiger partial charge is 0.378 e. The van der Waals surface area contributed by atoms with Gasteiger partial charge in [0.2, 0.25) is 0 Å². The molecule has 7 heteroatoms. The van der Waals surface area contributed by atoms with Crippen LogP contribution in [0.2, 0.25) is 39.3 Å². The molecule has 0 unspecified atom stereocenters. The molecule has 120 valence electrons. The Morgan fingerprint density at radius 1 is 0.762 bits per heavy atom. The third-order valence-electron chi connectivity index (χ3n) is 3.35. The average molecular weight is 347 g/mol. The maximum absolute atomic E-state index is 15.3. The number of nitrogens with zero attached hydrogens (tertiary/aromatic N) is 2. The first kappa shape index (κ1) is 18.5. The summed E-state index contributed by atoms with van der Waals surface area (Å²) < 4.78 is 32.2. The predicted octanol–water partition coefficient (Wildman–Crippen LogP) is 3.81. The Balaban J connectivity index is 3.29. The van der Waals surface area contributed by atoms with E-state index in [1.54, 1.807) is 28.2 Å². The summed E-state index contributed by atoms with van der Waals surface area (Å²) in [5.41, 5.74) is 0.955. The highest BCUT2D eigenvalue weighted by molar-refractivity contribution is 7.04. The second-order valence-corrected chi connectivity index (χ2v) is 20.7. The summed E-state index contributed by atoms with van der Waals surface area (Å²) in [5.74, 6) is 0. The van der Waals surface area contributed by atoms with E-state index in [0.29, 0.717) is 0 Å². The zero-order chi connectivity index (χ0) is 16.6. The lowest BCUT2D eigenvalue weighted by molar-refractivity contribution is 0.549. The molecule has 1 aromatic rings. The van der Waals surface area contributed by atoms with Crippen molar-refractivity contribution in [1.29, 1.82) is 0 Å². The SMILES string of the molecule is CN(C)c1ccc([Si](F)(F)N([Si](C)(C)C)[Si](C)(C)C)cc1. The summed E-state index contributed by atoms with van der Waals surface area (Å²) in [6.07, 6.45) is 0. The van der Waals surface area contributed by atoms with Gasteiger partial charge in [-0.25, -0.2) is 8.22 Å². The van der Waals surface area contributed by atoms with Crippen molar-refractivity contribution in [2.45, 2.75) is 39.3 Å². The van der Waals surface area contributed by atoms with Gasteiger partial charge in [-0.05, 0) is 12.1 Å². The van der Waals surface area contributed by atoms with Crippen molar-refractivity contribution in [3.8, 4) is 0 Å². The Morgan fingerprint density at radius 2 is 1.14 bits per heavy atom. The molecule has 0 amide bonds. The summed E-state index contributed by atoms with van der Waals surface area (Å²) in [5, 5.41) is 0.234. The van der Waals surface area contributed by atoms with Crippen LogP contribution in [0.15, 0.2) is 24.3 Å². The Bertz CT molecular complexity index is 462. The van der Waals surface area contributed by atoms with Crippen molar-refractivity contribution in [3.05, 3.63) is 24.3 Å². The van der Waals surface area contributed by atoms with Gasteiger partial charge in [0.1, 0.15) is 16.5 Å².